The van der Waals surface area contributed by atoms with Gasteiger partial charge in [0, 0.05) is 13.1 Å². The van der Waals surface area contributed by atoms with Gasteiger partial charge in [-0.05, 0) is 6.07 Å². The Labute approximate surface area is 63.9 Å². The molecule has 2 N–H and O–H groups in total. The zero-order valence-electron chi connectivity index (χ0n) is 6.06. The lowest BCUT2D eigenvalue weighted by molar-refractivity contribution is 0.422. The summed E-state index contributed by atoms with van der Waals surface area (Å²) in [6.45, 7) is 0. The van der Waals surface area contributed by atoms with Crippen LogP contribution in [-0.2, 0) is 7.05 Å². The Morgan fingerprint density at radius 1 is 1.45 bits per heavy atom. The first-order chi connectivity index (χ1) is 5.13. The fourth-order valence-corrected chi connectivity index (χ4v) is 0.839. The summed E-state index contributed by atoms with van der Waals surface area (Å²) in [5, 5.41) is 17.4. The Bertz CT molecular complexity index is 307. The predicted octanol–water partition coefficient (Wildman–Crippen LogP) is -1.93. The molecule has 0 aliphatic rings. The van der Waals surface area contributed by atoms with Crippen LogP contribution >= 0.6 is 0 Å². The zero-order valence-corrected chi connectivity index (χ0v) is 6.06. The van der Waals surface area contributed by atoms with Crippen molar-refractivity contribution in [2.45, 2.75) is 0 Å². The topological polar surface area (TPSA) is 62.5 Å². The number of pyridine rings is 1. The molecule has 0 aliphatic heterocycles. The van der Waals surface area contributed by atoms with Crippen molar-refractivity contribution < 1.29 is 10.0 Å². The molecule has 1 aromatic rings. The Balaban J connectivity index is 3.28. The second-order valence-electron chi connectivity index (χ2n) is 2.22. The van der Waals surface area contributed by atoms with Crippen LogP contribution in [0.25, 0.3) is 0 Å². The van der Waals surface area contributed by atoms with Gasteiger partial charge in [0.15, 0.2) is 0 Å². The van der Waals surface area contributed by atoms with Gasteiger partial charge in [-0.2, -0.15) is 0 Å². The molecule has 11 heavy (non-hydrogen) atoms. The Morgan fingerprint density at radius 2 is 2.09 bits per heavy atom. The van der Waals surface area contributed by atoms with E-state index in [9.17, 15) is 4.79 Å². The molecule has 0 atom stereocenters. The summed E-state index contributed by atoms with van der Waals surface area (Å²) in [6.07, 6.45) is 0. The third-order valence-electron chi connectivity index (χ3n) is 1.49. The van der Waals surface area contributed by atoms with E-state index in [1.165, 1.54) is 29.8 Å². The van der Waals surface area contributed by atoms with Gasteiger partial charge in [0.25, 0.3) is 0 Å². The van der Waals surface area contributed by atoms with Gasteiger partial charge in [0.05, 0.1) is 5.59 Å². The second-order valence-corrected chi connectivity index (χ2v) is 2.22. The summed E-state index contributed by atoms with van der Waals surface area (Å²) in [4.78, 5) is 10.9. The number of aromatic nitrogens is 1. The molecule has 0 fully saturated rings. The van der Waals surface area contributed by atoms with Gasteiger partial charge < -0.3 is 14.6 Å². The van der Waals surface area contributed by atoms with Crippen molar-refractivity contribution in [1.29, 1.82) is 0 Å². The minimum atomic E-state index is -1.59. The predicted molar refractivity (Wildman–Crippen MR) is 41.5 cm³/mol. The highest BCUT2D eigenvalue weighted by Gasteiger charge is 2.13. The number of rotatable bonds is 1. The van der Waals surface area contributed by atoms with E-state index < -0.39 is 7.12 Å². The van der Waals surface area contributed by atoms with Crippen LogP contribution < -0.4 is 11.2 Å². The van der Waals surface area contributed by atoms with Gasteiger partial charge in [-0.3, -0.25) is 4.79 Å². The molecular formula is C6H8BNO3. The van der Waals surface area contributed by atoms with E-state index in [4.69, 9.17) is 10.0 Å². The fraction of sp³-hybridized carbons (Fsp3) is 0.167. The lowest BCUT2D eigenvalue weighted by atomic mass is 9.85. The van der Waals surface area contributed by atoms with Crippen molar-refractivity contribution in [2.75, 3.05) is 0 Å². The van der Waals surface area contributed by atoms with E-state index in [2.05, 4.69) is 0 Å². The highest BCUT2D eigenvalue weighted by Crippen LogP contribution is 1.76. The Morgan fingerprint density at radius 3 is 2.55 bits per heavy atom. The average molecular weight is 153 g/mol. The molecule has 0 bridgehead atoms. The maximum Gasteiger partial charge on any atom is 0.506 e. The smallest absolute Gasteiger partial charge is 0.422 e. The van der Waals surface area contributed by atoms with E-state index in [1.807, 2.05) is 0 Å². The van der Waals surface area contributed by atoms with Gasteiger partial charge in [0.1, 0.15) is 0 Å². The van der Waals surface area contributed by atoms with Crippen LogP contribution in [0.3, 0.4) is 0 Å². The molecule has 58 valence electrons. The molecule has 5 heteroatoms. The SMILES string of the molecule is Cn1c(B(O)O)cccc1=O. The number of nitrogens with zero attached hydrogens (tertiary/aromatic N) is 1. The van der Waals surface area contributed by atoms with Crippen LogP contribution in [0.5, 0.6) is 0 Å². The molecule has 0 unspecified atom stereocenters. The van der Waals surface area contributed by atoms with Gasteiger partial charge in [0.2, 0.25) is 5.56 Å². The Hall–Kier alpha value is -1.07. The zero-order chi connectivity index (χ0) is 8.43. The van der Waals surface area contributed by atoms with Crippen LogP contribution in [0.4, 0.5) is 0 Å². The summed E-state index contributed by atoms with van der Waals surface area (Å²) in [5.74, 6) is 0. The highest BCUT2D eigenvalue weighted by atomic mass is 16.4. The molecule has 0 radical (unpaired) electrons. The summed E-state index contributed by atoms with van der Waals surface area (Å²) >= 11 is 0. The van der Waals surface area contributed by atoms with Crippen LogP contribution in [-0.4, -0.2) is 21.7 Å². The largest absolute Gasteiger partial charge is 0.506 e. The van der Waals surface area contributed by atoms with E-state index in [0.717, 1.165) is 0 Å². The van der Waals surface area contributed by atoms with Crippen molar-refractivity contribution in [2.24, 2.45) is 7.05 Å². The van der Waals surface area contributed by atoms with Crippen LogP contribution in [0.15, 0.2) is 23.0 Å². The third kappa shape index (κ3) is 1.50. The molecule has 4 nitrogen and oxygen atoms in total. The molecule has 0 amide bonds. The molecule has 1 aromatic heterocycles. The third-order valence-corrected chi connectivity index (χ3v) is 1.49. The van der Waals surface area contributed by atoms with E-state index in [-0.39, 0.29) is 11.2 Å². The summed E-state index contributed by atoms with van der Waals surface area (Å²) in [6, 6.07) is 4.31. The minimum Gasteiger partial charge on any atom is -0.422 e. The summed E-state index contributed by atoms with van der Waals surface area (Å²) in [5.41, 5.74) is -0.0619. The maximum atomic E-state index is 10.9. The maximum absolute atomic E-state index is 10.9. The monoisotopic (exact) mass is 153 g/mol. The fourth-order valence-electron chi connectivity index (χ4n) is 0.839. The normalized spacial score (nSPS) is 9.73. The highest BCUT2D eigenvalue weighted by molar-refractivity contribution is 6.57. The lowest BCUT2D eigenvalue weighted by Gasteiger charge is -2.04. The molecule has 0 saturated carbocycles. The standard InChI is InChI=1S/C6H8BNO3/c1-8-5(7(10)11)3-2-4-6(8)9/h2-4,10-11H,1H3. The van der Waals surface area contributed by atoms with Crippen LogP contribution in [0, 0.1) is 0 Å². The first kappa shape index (κ1) is 8.04. The molecule has 1 rings (SSSR count). The van der Waals surface area contributed by atoms with E-state index in [0.29, 0.717) is 0 Å². The summed E-state index contributed by atoms with van der Waals surface area (Å²) in [7, 11) is -0.106. The molecule has 0 aromatic carbocycles. The van der Waals surface area contributed by atoms with Crippen molar-refractivity contribution in [3.05, 3.63) is 28.6 Å². The van der Waals surface area contributed by atoms with Gasteiger partial charge in [-0.15, -0.1) is 0 Å². The minimum absolute atomic E-state index is 0.192. The van der Waals surface area contributed by atoms with Gasteiger partial charge in [-0.25, -0.2) is 0 Å². The van der Waals surface area contributed by atoms with E-state index in [1.54, 1.807) is 0 Å². The van der Waals surface area contributed by atoms with Crippen molar-refractivity contribution in [3.63, 3.8) is 0 Å². The molecule has 0 spiro atoms. The van der Waals surface area contributed by atoms with Crippen LogP contribution in [0.2, 0.25) is 0 Å². The molecular weight excluding hydrogens is 145 g/mol. The van der Waals surface area contributed by atoms with Gasteiger partial charge in [-0.1, -0.05) is 6.07 Å². The first-order valence-corrected chi connectivity index (χ1v) is 3.15. The van der Waals surface area contributed by atoms with Crippen LogP contribution in [0.1, 0.15) is 0 Å². The first-order valence-electron chi connectivity index (χ1n) is 3.15. The van der Waals surface area contributed by atoms with Gasteiger partial charge >= 0.3 is 7.12 Å². The second kappa shape index (κ2) is 2.90. The van der Waals surface area contributed by atoms with E-state index >= 15 is 0 Å². The van der Waals surface area contributed by atoms with Crippen molar-refractivity contribution in [1.82, 2.24) is 4.57 Å². The molecule has 1 heterocycles. The number of hydrogen-bond donors (Lipinski definition) is 2. The Kier molecular flexibility index (Phi) is 2.12. The summed E-state index contributed by atoms with van der Waals surface area (Å²) < 4.78 is 1.19. The lowest BCUT2D eigenvalue weighted by Crippen LogP contribution is -2.42. The molecule has 0 saturated heterocycles. The van der Waals surface area contributed by atoms with Crippen molar-refractivity contribution >= 4 is 12.7 Å². The quantitative estimate of drug-likeness (QED) is 0.461. The van der Waals surface area contributed by atoms with Crippen molar-refractivity contribution in [3.8, 4) is 0 Å². The number of hydrogen-bond acceptors (Lipinski definition) is 3. The average Bonchev–Trinajstić information content (AvgIpc) is 1.94. The molecule has 0 aliphatic carbocycles.